The van der Waals surface area contributed by atoms with Crippen molar-refractivity contribution in [3.05, 3.63) is 125 Å². The third-order valence-corrected chi connectivity index (χ3v) is 7.33. The molecular weight excluding hydrogens is 512 g/mol. The highest BCUT2D eigenvalue weighted by Gasteiger charge is 2.47. The number of nitrogens with zero attached hydrogens (tertiary/aromatic N) is 1. The van der Waals surface area contributed by atoms with Gasteiger partial charge < -0.3 is 15.2 Å². The number of carbonyl (C=O) groups is 2. The fourth-order valence-electron chi connectivity index (χ4n) is 5.15. The van der Waals surface area contributed by atoms with Crippen molar-refractivity contribution in [3.8, 4) is 5.75 Å². The van der Waals surface area contributed by atoms with E-state index in [2.05, 4.69) is 26.1 Å². The molecule has 1 amide bonds. The van der Waals surface area contributed by atoms with Crippen LogP contribution in [0.3, 0.4) is 0 Å². The summed E-state index contributed by atoms with van der Waals surface area (Å²) >= 11 is 0. The minimum absolute atomic E-state index is 0.0245. The van der Waals surface area contributed by atoms with Crippen LogP contribution in [-0.4, -0.2) is 23.9 Å². The SMILES string of the molecule is COc1ccc(C(C)(C)C)cc1/C(O)=C1\C(=O)C(=O)N(c2ccc(Nc3ccccc3)cc2)C1c1cccc(C)c1. The molecule has 1 atom stereocenters. The number of hydrogen-bond acceptors (Lipinski definition) is 5. The van der Waals surface area contributed by atoms with Gasteiger partial charge in [-0.05, 0) is 72.0 Å². The van der Waals surface area contributed by atoms with Gasteiger partial charge >= 0.3 is 0 Å². The number of methoxy groups -OCH3 is 1. The van der Waals surface area contributed by atoms with Crippen molar-refractivity contribution < 1.29 is 19.4 Å². The molecule has 0 aromatic heterocycles. The van der Waals surface area contributed by atoms with Crippen molar-refractivity contribution in [2.75, 3.05) is 17.3 Å². The molecule has 1 aliphatic heterocycles. The first-order valence-electron chi connectivity index (χ1n) is 13.6. The molecule has 1 unspecified atom stereocenters. The number of amides is 1. The Balaban J connectivity index is 1.65. The van der Waals surface area contributed by atoms with Crippen LogP contribution >= 0.6 is 0 Å². The van der Waals surface area contributed by atoms with Gasteiger partial charge in [-0.1, -0.05) is 74.9 Å². The maximum atomic E-state index is 13.7. The number of carbonyl (C=O) groups excluding carboxylic acids is 2. The van der Waals surface area contributed by atoms with Gasteiger partial charge in [0.1, 0.15) is 11.5 Å². The summed E-state index contributed by atoms with van der Waals surface area (Å²) in [4.78, 5) is 28.8. The molecule has 1 saturated heterocycles. The zero-order chi connectivity index (χ0) is 29.3. The number of benzene rings is 4. The third kappa shape index (κ3) is 5.46. The van der Waals surface area contributed by atoms with Crippen LogP contribution in [0, 0.1) is 6.92 Å². The minimum atomic E-state index is -0.828. The predicted molar refractivity (Wildman–Crippen MR) is 164 cm³/mol. The van der Waals surface area contributed by atoms with Crippen LogP contribution in [0.4, 0.5) is 17.1 Å². The number of aryl methyl sites for hydroxylation is 1. The predicted octanol–water partition coefficient (Wildman–Crippen LogP) is 7.67. The summed E-state index contributed by atoms with van der Waals surface area (Å²) < 4.78 is 5.58. The second-order valence-corrected chi connectivity index (χ2v) is 11.3. The number of ketones is 1. The fraction of sp³-hybridized carbons (Fsp3) is 0.200. The maximum absolute atomic E-state index is 13.7. The number of rotatable bonds is 6. The van der Waals surface area contributed by atoms with E-state index in [1.165, 1.54) is 12.0 Å². The highest BCUT2D eigenvalue weighted by molar-refractivity contribution is 6.51. The van der Waals surface area contributed by atoms with E-state index in [1.54, 1.807) is 18.2 Å². The second-order valence-electron chi connectivity index (χ2n) is 11.3. The number of nitrogens with one attached hydrogen (secondary N) is 1. The van der Waals surface area contributed by atoms with E-state index in [0.29, 0.717) is 17.0 Å². The molecule has 0 bridgehead atoms. The van der Waals surface area contributed by atoms with Crippen molar-refractivity contribution in [1.82, 2.24) is 0 Å². The van der Waals surface area contributed by atoms with Crippen molar-refractivity contribution in [3.63, 3.8) is 0 Å². The summed E-state index contributed by atoms with van der Waals surface area (Å²) in [6.07, 6.45) is 0. The van der Waals surface area contributed by atoms with Gasteiger partial charge in [-0.25, -0.2) is 0 Å². The molecule has 1 fully saturated rings. The summed E-state index contributed by atoms with van der Waals surface area (Å²) in [5.74, 6) is -1.29. The average molecular weight is 547 g/mol. The van der Waals surface area contributed by atoms with Gasteiger partial charge in [-0.15, -0.1) is 0 Å². The molecule has 2 N–H and O–H groups in total. The zero-order valence-electron chi connectivity index (χ0n) is 23.9. The van der Waals surface area contributed by atoms with Crippen LogP contribution in [0.5, 0.6) is 5.75 Å². The van der Waals surface area contributed by atoms with E-state index in [9.17, 15) is 14.7 Å². The molecule has 41 heavy (non-hydrogen) atoms. The molecule has 5 rings (SSSR count). The van der Waals surface area contributed by atoms with E-state index in [4.69, 9.17) is 4.74 Å². The van der Waals surface area contributed by atoms with Gasteiger partial charge in [0.15, 0.2) is 0 Å². The van der Waals surface area contributed by atoms with Crippen LogP contribution < -0.4 is 15.0 Å². The first-order valence-corrected chi connectivity index (χ1v) is 13.6. The highest BCUT2D eigenvalue weighted by atomic mass is 16.5. The Kier molecular flexibility index (Phi) is 7.41. The standard InChI is InChI=1S/C35H34N2O4/c1-22-10-9-11-23(20-22)31-30(32(38)28-21-24(35(2,3)4)14-19-29(28)41-5)33(39)34(40)37(31)27-17-15-26(16-18-27)36-25-12-7-6-8-13-25/h6-21,31,36,38H,1-5H3/b32-30+. The lowest BCUT2D eigenvalue weighted by Gasteiger charge is -2.26. The van der Waals surface area contributed by atoms with E-state index < -0.39 is 17.7 Å². The molecule has 1 aliphatic rings. The Bertz CT molecular complexity index is 1630. The Hall–Kier alpha value is -4.84. The van der Waals surface area contributed by atoms with Crippen LogP contribution in [0.15, 0.2) is 103 Å². The number of Topliss-reactive ketones (excluding diaryl/α,β-unsaturated/α-hetero) is 1. The minimum Gasteiger partial charge on any atom is -0.507 e. The van der Waals surface area contributed by atoms with E-state index in [-0.39, 0.29) is 16.7 Å². The summed E-state index contributed by atoms with van der Waals surface area (Å²) in [5, 5.41) is 15.1. The molecule has 4 aromatic rings. The average Bonchev–Trinajstić information content (AvgIpc) is 3.23. The van der Waals surface area contributed by atoms with Crippen molar-refractivity contribution in [1.29, 1.82) is 0 Å². The van der Waals surface area contributed by atoms with E-state index in [1.807, 2.05) is 85.8 Å². The quantitative estimate of drug-likeness (QED) is 0.147. The molecule has 4 aromatic carbocycles. The molecular formula is C35H34N2O4. The second kappa shape index (κ2) is 11.0. The first kappa shape index (κ1) is 27.7. The number of aliphatic hydroxyl groups excluding tert-OH is 1. The van der Waals surface area contributed by atoms with Gasteiger partial charge in [0, 0.05) is 17.1 Å². The largest absolute Gasteiger partial charge is 0.507 e. The van der Waals surface area contributed by atoms with Crippen molar-refractivity contribution >= 4 is 34.5 Å². The van der Waals surface area contributed by atoms with Gasteiger partial charge in [-0.3, -0.25) is 14.5 Å². The van der Waals surface area contributed by atoms with Gasteiger partial charge in [0.25, 0.3) is 11.7 Å². The molecule has 208 valence electrons. The van der Waals surface area contributed by atoms with E-state index >= 15 is 0 Å². The highest BCUT2D eigenvalue weighted by Crippen LogP contribution is 2.44. The summed E-state index contributed by atoms with van der Waals surface area (Å²) in [6, 6.07) is 29.5. The molecule has 0 saturated carbocycles. The number of anilines is 3. The maximum Gasteiger partial charge on any atom is 0.300 e. The topological polar surface area (TPSA) is 78.9 Å². The Morgan fingerprint density at radius 2 is 1.54 bits per heavy atom. The molecule has 0 spiro atoms. The van der Waals surface area contributed by atoms with Gasteiger partial charge in [-0.2, -0.15) is 0 Å². The van der Waals surface area contributed by atoms with Crippen LogP contribution in [0.2, 0.25) is 0 Å². The van der Waals surface area contributed by atoms with Crippen LogP contribution in [0.1, 0.15) is 49.1 Å². The molecule has 6 heteroatoms. The van der Waals surface area contributed by atoms with Crippen molar-refractivity contribution in [2.24, 2.45) is 0 Å². The lowest BCUT2D eigenvalue weighted by atomic mass is 9.85. The molecule has 0 radical (unpaired) electrons. The summed E-state index contributed by atoms with van der Waals surface area (Å²) in [6.45, 7) is 8.16. The Morgan fingerprint density at radius 1 is 0.854 bits per heavy atom. The monoisotopic (exact) mass is 546 g/mol. The molecule has 0 aliphatic carbocycles. The summed E-state index contributed by atoms with van der Waals surface area (Å²) in [7, 11) is 1.52. The third-order valence-electron chi connectivity index (χ3n) is 7.33. The normalized spacial score (nSPS) is 16.6. The Morgan fingerprint density at radius 3 is 2.17 bits per heavy atom. The van der Waals surface area contributed by atoms with E-state index in [0.717, 1.165) is 28.1 Å². The number of ether oxygens (including phenoxy) is 1. The lowest BCUT2D eigenvalue weighted by Crippen LogP contribution is -2.29. The number of para-hydroxylation sites is 1. The van der Waals surface area contributed by atoms with Gasteiger partial charge in [0.2, 0.25) is 0 Å². The first-order chi connectivity index (χ1) is 19.6. The number of aliphatic hydroxyl groups is 1. The van der Waals surface area contributed by atoms with Crippen LogP contribution in [-0.2, 0) is 15.0 Å². The number of hydrogen-bond donors (Lipinski definition) is 2. The smallest absolute Gasteiger partial charge is 0.300 e. The van der Waals surface area contributed by atoms with Crippen LogP contribution in [0.25, 0.3) is 5.76 Å². The lowest BCUT2D eigenvalue weighted by molar-refractivity contribution is -0.132. The summed E-state index contributed by atoms with van der Waals surface area (Å²) in [5.41, 5.74) is 5.17. The molecule has 6 nitrogen and oxygen atoms in total. The zero-order valence-corrected chi connectivity index (χ0v) is 23.9. The fourth-order valence-corrected chi connectivity index (χ4v) is 5.15. The van der Waals surface area contributed by atoms with Crippen molar-refractivity contribution in [2.45, 2.75) is 39.2 Å². The molecule has 1 heterocycles. The Labute approximate surface area is 240 Å². The van der Waals surface area contributed by atoms with Gasteiger partial charge in [0.05, 0.1) is 24.3 Å².